The molecule has 2 unspecified atom stereocenters. The van der Waals surface area contributed by atoms with Crippen molar-refractivity contribution in [3.8, 4) is 0 Å². The Morgan fingerprint density at radius 3 is 2.79 bits per heavy atom. The van der Waals surface area contributed by atoms with Crippen LogP contribution in [0.2, 0.25) is 0 Å². The predicted octanol–water partition coefficient (Wildman–Crippen LogP) is 3.45. The summed E-state index contributed by atoms with van der Waals surface area (Å²) in [4.78, 5) is 0. The third-order valence-corrected chi connectivity index (χ3v) is 5.24. The monoisotopic (exact) mass is 323 g/mol. The lowest BCUT2D eigenvalue weighted by Gasteiger charge is -2.37. The van der Waals surface area contributed by atoms with Crippen molar-refractivity contribution in [1.82, 2.24) is 5.32 Å². The quantitative estimate of drug-likeness (QED) is 0.889. The molecule has 0 aromatic heterocycles. The first kappa shape index (κ1) is 13.6. The fourth-order valence-corrected chi connectivity index (χ4v) is 3.81. The molecule has 1 aromatic carbocycles. The molecule has 19 heavy (non-hydrogen) atoms. The largest absolute Gasteiger partial charge is 0.393 e. The second-order valence-electron chi connectivity index (χ2n) is 6.09. The highest BCUT2D eigenvalue weighted by Crippen LogP contribution is 2.38. The van der Waals surface area contributed by atoms with Crippen LogP contribution < -0.4 is 5.32 Å². The first-order valence-electron chi connectivity index (χ1n) is 7.39. The maximum atomic E-state index is 9.81. The summed E-state index contributed by atoms with van der Waals surface area (Å²) in [5.41, 5.74) is 1.45. The number of rotatable bonds is 4. The first-order chi connectivity index (χ1) is 9.22. The van der Waals surface area contributed by atoms with Gasteiger partial charge in [-0.05, 0) is 55.2 Å². The van der Waals surface area contributed by atoms with Gasteiger partial charge in [0.15, 0.2) is 0 Å². The molecule has 1 aromatic rings. The predicted molar refractivity (Wildman–Crippen MR) is 81.3 cm³/mol. The van der Waals surface area contributed by atoms with Crippen molar-refractivity contribution in [2.45, 2.75) is 50.2 Å². The zero-order valence-corrected chi connectivity index (χ0v) is 12.8. The van der Waals surface area contributed by atoms with E-state index in [2.05, 4.69) is 45.5 Å². The Morgan fingerprint density at radius 2 is 2.11 bits per heavy atom. The second-order valence-corrected chi connectivity index (χ2v) is 7.00. The van der Waals surface area contributed by atoms with Crippen LogP contribution in [0.15, 0.2) is 28.7 Å². The minimum atomic E-state index is -0.0616. The van der Waals surface area contributed by atoms with Gasteiger partial charge >= 0.3 is 0 Å². The molecule has 0 saturated heterocycles. The van der Waals surface area contributed by atoms with Gasteiger partial charge in [-0.15, -0.1) is 0 Å². The Bertz CT molecular complexity index is 431. The van der Waals surface area contributed by atoms with E-state index in [1.807, 2.05) is 0 Å². The fraction of sp³-hybridized carbons (Fsp3) is 0.625. The fourth-order valence-electron chi connectivity index (χ4n) is 3.39. The molecular weight excluding hydrogens is 302 g/mol. The molecule has 0 heterocycles. The second kappa shape index (κ2) is 5.94. The smallest absolute Gasteiger partial charge is 0.0580 e. The van der Waals surface area contributed by atoms with E-state index in [1.54, 1.807) is 0 Å². The van der Waals surface area contributed by atoms with Gasteiger partial charge in [-0.2, -0.15) is 0 Å². The average molecular weight is 324 g/mol. The summed E-state index contributed by atoms with van der Waals surface area (Å²) in [7, 11) is 0. The van der Waals surface area contributed by atoms with Crippen LogP contribution >= 0.6 is 15.9 Å². The van der Waals surface area contributed by atoms with Crippen molar-refractivity contribution in [3.05, 3.63) is 34.3 Å². The number of benzene rings is 1. The van der Waals surface area contributed by atoms with Crippen molar-refractivity contribution in [3.63, 3.8) is 0 Å². The molecule has 2 aliphatic carbocycles. The summed E-state index contributed by atoms with van der Waals surface area (Å²) in [6.45, 7) is 0.997. The Balaban J connectivity index is 1.43. The molecule has 2 nitrogen and oxygen atoms in total. The van der Waals surface area contributed by atoms with Crippen LogP contribution in [0.5, 0.6) is 0 Å². The van der Waals surface area contributed by atoms with E-state index in [0.717, 1.165) is 13.0 Å². The number of aliphatic hydroxyl groups excluding tert-OH is 1. The van der Waals surface area contributed by atoms with E-state index in [4.69, 9.17) is 0 Å². The lowest BCUT2D eigenvalue weighted by molar-refractivity contribution is 0.125. The molecule has 0 bridgehead atoms. The highest BCUT2D eigenvalue weighted by Gasteiger charge is 2.32. The van der Waals surface area contributed by atoms with E-state index in [-0.39, 0.29) is 6.10 Å². The lowest BCUT2D eigenvalue weighted by atomic mass is 9.76. The highest BCUT2D eigenvalue weighted by atomic mass is 79.9. The number of hydrogen-bond acceptors (Lipinski definition) is 2. The van der Waals surface area contributed by atoms with Gasteiger partial charge in [0.05, 0.1) is 6.10 Å². The third-order valence-electron chi connectivity index (χ3n) is 4.75. The van der Waals surface area contributed by atoms with Gasteiger partial charge in [0.2, 0.25) is 0 Å². The molecule has 3 rings (SSSR count). The van der Waals surface area contributed by atoms with Crippen LogP contribution in [-0.2, 0) is 0 Å². The molecule has 2 fully saturated rings. The molecule has 0 amide bonds. The third kappa shape index (κ3) is 3.21. The van der Waals surface area contributed by atoms with Gasteiger partial charge in [0, 0.05) is 17.1 Å². The Hall–Kier alpha value is -0.380. The summed E-state index contributed by atoms with van der Waals surface area (Å²) in [6.07, 6.45) is 5.79. The number of halogens is 1. The van der Waals surface area contributed by atoms with E-state index in [0.29, 0.717) is 17.9 Å². The van der Waals surface area contributed by atoms with E-state index >= 15 is 0 Å². The van der Waals surface area contributed by atoms with Crippen LogP contribution in [0.3, 0.4) is 0 Å². The number of nitrogens with one attached hydrogen (secondary N) is 1. The minimum Gasteiger partial charge on any atom is -0.393 e. The van der Waals surface area contributed by atoms with Crippen molar-refractivity contribution in [1.29, 1.82) is 0 Å². The molecule has 2 aliphatic rings. The zero-order chi connectivity index (χ0) is 13.2. The molecule has 2 atom stereocenters. The van der Waals surface area contributed by atoms with Crippen LogP contribution in [0.1, 0.15) is 43.6 Å². The standard InChI is InChI=1S/C16H22BrNO/c17-14-5-1-3-11(7-14)13-8-15(9-13)18-10-12-4-2-6-16(12)19/h1,3,5,7,12-13,15-16,18-19H,2,4,6,8-10H2. The molecule has 104 valence electrons. The number of aliphatic hydroxyl groups is 1. The molecular formula is C16H22BrNO. The summed E-state index contributed by atoms with van der Waals surface area (Å²) in [5.74, 6) is 1.20. The SMILES string of the molecule is OC1CCCC1CNC1CC(c2cccc(Br)c2)C1. The maximum absolute atomic E-state index is 9.81. The highest BCUT2D eigenvalue weighted by molar-refractivity contribution is 9.10. The molecule has 0 aliphatic heterocycles. The molecule has 2 N–H and O–H groups in total. The minimum absolute atomic E-state index is 0.0616. The normalized spacial score (nSPS) is 34.2. The molecule has 0 spiro atoms. The van der Waals surface area contributed by atoms with Crippen molar-refractivity contribution < 1.29 is 5.11 Å². The summed E-state index contributed by atoms with van der Waals surface area (Å²) in [5, 5.41) is 13.4. The van der Waals surface area contributed by atoms with Gasteiger partial charge in [0.25, 0.3) is 0 Å². The van der Waals surface area contributed by atoms with E-state index in [1.165, 1.54) is 35.7 Å². The van der Waals surface area contributed by atoms with Crippen LogP contribution in [0, 0.1) is 5.92 Å². The Morgan fingerprint density at radius 1 is 1.26 bits per heavy atom. The summed E-state index contributed by atoms with van der Waals surface area (Å²) >= 11 is 3.54. The molecule has 0 radical (unpaired) electrons. The molecule has 3 heteroatoms. The van der Waals surface area contributed by atoms with Crippen LogP contribution in [-0.4, -0.2) is 23.8 Å². The van der Waals surface area contributed by atoms with Crippen molar-refractivity contribution >= 4 is 15.9 Å². The van der Waals surface area contributed by atoms with Gasteiger partial charge in [-0.25, -0.2) is 0 Å². The van der Waals surface area contributed by atoms with Crippen LogP contribution in [0.4, 0.5) is 0 Å². The zero-order valence-electron chi connectivity index (χ0n) is 11.2. The van der Waals surface area contributed by atoms with E-state index in [9.17, 15) is 5.11 Å². The van der Waals surface area contributed by atoms with Gasteiger partial charge in [-0.1, -0.05) is 34.5 Å². The molecule has 2 saturated carbocycles. The first-order valence-corrected chi connectivity index (χ1v) is 8.18. The number of hydrogen-bond donors (Lipinski definition) is 2. The Kier molecular flexibility index (Phi) is 4.25. The van der Waals surface area contributed by atoms with Gasteiger partial charge < -0.3 is 10.4 Å². The Labute approximate surface area is 123 Å². The average Bonchev–Trinajstić information content (AvgIpc) is 2.73. The van der Waals surface area contributed by atoms with Crippen molar-refractivity contribution in [2.24, 2.45) is 5.92 Å². The van der Waals surface area contributed by atoms with Crippen LogP contribution in [0.25, 0.3) is 0 Å². The van der Waals surface area contributed by atoms with E-state index < -0.39 is 0 Å². The van der Waals surface area contributed by atoms with Gasteiger partial charge in [0.1, 0.15) is 0 Å². The lowest BCUT2D eigenvalue weighted by Crippen LogP contribution is -2.43. The van der Waals surface area contributed by atoms with Gasteiger partial charge in [-0.3, -0.25) is 0 Å². The topological polar surface area (TPSA) is 32.3 Å². The summed E-state index contributed by atoms with van der Waals surface area (Å²) in [6, 6.07) is 9.32. The summed E-state index contributed by atoms with van der Waals surface area (Å²) < 4.78 is 1.18. The maximum Gasteiger partial charge on any atom is 0.0580 e. The van der Waals surface area contributed by atoms with Crippen molar-refractivity contribution in [2.75, 3.05) is 6.54 Å².